The monoisotopic (exact) mass is 228 g/mol. The molecule has 0 bridgehead atoms. The second-order valence-electron chi connectivity index (χ2n) is 4.70. The Hall–Kier alpha value is -0.610. The van der Waals surface area contributed by atoms with Gasteiger partial charge in [-0.15, -0.1) is 0 Å². The highest BCUT2D eigenvalue weighted by Crippen LogP contribution is 2.16. The highest BCUT2D eigenvalue weighted by atomic mass is 16.5. The van der Waals surface area contributed by atoms with Crippen LogP contribution in [0.4, 0.5) is 0 Å². The topological polar surface area (TPSA) is 55.6 Å². The highest BCUT2D eigenvalue weighted by molar-refractivity contribution is 5.76. The molecule has 0 radical (unpaired) electrons. The van der Waals surface area contributed by atoms with Crippen LogP contribution >= 0.6 is 0 Å². The van der Waals surface area contributed by atoms with Crippen LogP contribution in [0.2, 0.25) is 0 Å². The van der Waals surface area contributed by atoms with E-state index in [9.17, 15) is 4.79 Å². The molecule has 1 saturated heterocycles. The molecule has 2 N–H and O–H groups in total. The number of hydrogen-bond acceptors (Lipinski definition) is 3. The third kappa shape index (κ3) is 4.49. The van der Waals surface area contributed by atoms with Crippen LogP contribution in [0.15, 0.2) is 0 Å². The van der Waals surface area contributed by atoms with Gasteiger partial charge in [-0.05, 0) is 25.7 Å². The molecule has 1 aliphatic rings. The fraction of sp³-hybridized carbons (Fsp3) is 0.917. The number of amides is 1. The van der Waals surface area contributed by atoms with Crippen molar-refractivity contribution < 1.29 is 9.53 Å². The smallest absolute Gasteiger partial charge is 0.222 e. The van der Waals surface area contributed by atoms with E-state index >= 15 is 0 Å². The summed E-state index contributed by atoms with van der Waals surface area (Å²) in [6.07, 6.45) is 2.43. The molecule has 2 unspecified atom stereocenters. The molecule has 0 aromatic rings. The molecule has 1 rings (SSSR count). The van der Waals surface area contributed by atoms with Crippen LogP contribution in [-0.4, -0.2) is 43.2 Å². The van der Waals surface area contributed by atoms with Crippen LogP contribution < -0.4 is 5.73 Å². The Bertz CT molecular complexity index is 211. The van der Waals surface area contributed by atoms with Crippen LogP contribution in [0.5, 0.6) is 0 Å². The van der Waals surface area contributed by atoms with Crippen LogP contribution in [0.1, 0.15) is 33.1 Å². The number of ether oxygens (including phenoxy) is 1. The van der Waals surface area contributed by atoms with Crippen molar-refractivity contribution in [2.75, 3.05) is 26.3 Å². The highest BCUT2D eigenvalue weighted by Gasteiger charge is 2.25. The van der Waals surface area contributed by atoms with Gasteiger partial charge < -0.3 is 15.4 Å². The first-order chi connectivity index (χ1) is 7.63. The van der Waals surface area contributed by atoms with Crippen molar-refractivity contribution >= 4 is 5.91 Å². The first-order valence-electron chi connectivity index (χ1n) is 6.24. The van der Waals surface area contributed by atoms with Crippen LogP contribution in [0.3, 0.4) is 0 Å². The summed E-state index contributed by atoms with van der Waals surface area (Å²) in [4.78, 5) is 13.8. The number of rotatable bonds is 5. The fourth-order valence-electron chi connectivity index (χ4n) is 2.23. The summed E-state index contributed by atoms with van der Waals surface area (Å²) >= 11 is 0. The quantitative estimate of drug-likeness (QED) is 0.714. The molecule has 4 heteroatoms. The lowest BCUT2D eigenvalue weighted by Gasteiger charge is -2.34. The first kappa shape index (κ1) is 13.5. The number of likely N-dealkylation sites (tertiary alicyclic amines) is 1. The van der Waals surface area contributed by atoms with Crippen molar-refractivity contribution in [3.63, 3.8) is 0 Å². The summed E-state index contributed by atoms with van der Waals surface area (Å²) in [5.74, 6) is 0.751. The number of carbonyl (C=O) groups is 1. The largest absolute Gasteiger partial charge is 0.382 e. The molecule has 2 atom stereocenters. The molecule has 0 aromatic carbocycles. The van der Waals surface area contributed by atoms with Gasteiger partial charge in [0.05, 0.1) is 0 Å². The van der Waals surface area contributed by atoms with Crippen LogP contribution in [0, 0.1) is 5.92 Å². The van der Waals surface area contributed by atoms with Gasteiger partial charge in [-0.25, -0.2) is 0 Å². The predicted octanol–water partition coefficient (Wildman–Crippen LogP) is 0.999. The number of piperidine rings is 1. The maximum absolute atomic E-state index is 11.9. The van der Waals surface area contributed by atoms with Gasteiger partial charge in [0.2, 0.25) is 5.91 Å². The fourth-order valence-corrected chi connectivity index (χ4v) is 2.23. The van der Waals surface area contributed by atoms with E-state index in [2.05, 4.69) is 6.92 Å². The minimum Gasteiger partial charge on any atom is -0.382 e. The van der Waals surface area contributed by atoms with E-state index in [0.717, 1.165) is 32.5 Å². The third-order valence-corrected chi connectivity index (χ3v) is 2.93. The molecular formula is C12H24N2O2. The molecule has 0 spiro atoms. The summed E-state index contributed by atoms with van der Waals surface area (Å²) in [5.41, 5.74) is 5.91. The van der Waals surface area contributed by atoms with E-state index < -0.39 is 0 Å². The summed E-state index contributed by atoms with van der Waals surface area (Å²) in [6, 6.07) is 0.152. The van der Waals surface area contributed by atoms with Crippen molar-refractivity contribution in [2.24, 2.45) is 11.7 Å². The molecule has 4 nitrogen and oxygen atoms in total. The van der Waals surface area contributed by atoms with Crippen molar-refractivity contribution in [3.8, 4) is 0 Å². The molecule has 0 saturated carbocycles. The summed E-state index contributed by atoms with van der Waals surface area (Å²) in [5, 5.41) is 0. The third-order valence-electron chi connectivity index (χ3n) is 2.93. The molecule has 0 aliphatic carbocycles. The Balaban J connectivity index is 2.24. The van der Waals surface area contributed by atoms with E-state index in [-0.39, 0.29) is 11.9 Å². The summed E-state index contributed by atoms with van der Waals surface area (Å²) in [7, 11) is 0. The lowest BCUT2D eigenvalue weighted by atomic mass is 9.96. The van der Waals surface area contributed by atoms with Crippen molar-refractivity contribution in [1.29, 1.82) is 0 Å². The van der Waals surface area contributed by atoms with Crippen molar-refractivity contribution in [1.82, 2.24) is 4.90 Å². The second-order valence-corrected chi connectivity index (χ2v) is 4.70. The normalized spacial score (nSPS) is 25.8. The van der Waals surface area contributed by atoms with Gasteiger partial charge in [-0.3, -0.25) is 4.79 Å². The molecule has 1 fully saturated rings. The maximum atomic E-state index is 11.9. The van der Waals surface area contributed by atoms with Gasteiger partial charge in [0.1, 0.15) is 0 Å². The van der Waals surface area contributed by atoms with Gasteiger partial charge >= 0.3 is 0 Å². The molecule has 1 heterocycles. The van der Waals surface area contributed by atoms with E-state index in [0.29, 0.717) is 18.9 Å². The Kier molecular flexibility index (Phi) is 5.77. The molecule has 1 amide bonds. The SMILES string of the molecule is CCOCCCC(=O)N1CC(C)CC(N)C1. The van der Waals surface area contributed by atoms with Gasteiger partial charge in [0.15, 0.2) is 0 Å². The molecule has 16 heavy (non-hydrogen) atoms. The Morgan fingerprint density at radius 2 is 2.25 bits per heavy atom. The zero-order valence-corrected chi connectivity index (χ0v) is 10.4. The molecule has 94 valence electrons. The summed E-state index contributed by atoms with van der Waals surface area (Å²) < 4.78 is 5.22. The van der Waals surface area contributed by atoms with Gasteiger partial charge in [-0.1, -0.05) is 6.92 Å². The second kappa shape index (κ2) is 6.86. The minimum absolute atomic E-state index is 0.152. The number of nitrogens with zero attached hydrogens (tertiary/aromatic N) is 1. The lowest BCUT2D eigenvalue weighted by molar-refractivity contribution is -0.133. The van der Waals surface area contributed by atoms with E-state index in [1.54, 1.807) is 0 Å². The van der Waals surface area contributed by atoms with Crippen LogP contribution in [0.25, 0.3) is 0 Å². The number of hydrogen-bond donors (Lipinski definition) is 1. The Morgan fingerprint density at radius 1 is 1.50 bits per heavy atom. The number of nitrogens with two attached hydrogens (primary N) is 1. The minimum atomic E-state index is 0.152. The first-order valence-corrected chi connectivity index (χ1v) is 6.24. The van der Waals surface area contributed by atoms with Gasteiger partial charge in [0, 0.05) is 38.8 Å². The molecule has 1 aliphatic heterocycles. The average molecular weight is 228 g/mol. The van der Waals surface area contributed by atoms with E-state index in [1.807, 2.05) is 11.8 Å². The lowest BCUT2D eigenvalue weighted by Crippen LogP contribution is -2.48. The zero-order chi connectivity index (χ0) is 12.0. The van der Waals surface area contributed by atoms with Crippen molar-refractivity contribution in [3.05, 3.63) is 0 Å². The predicted molar refractivity (Wildman–Crippen MR) is 64.1 cm³/mol. The Labute approximate surface area is 98.1 Å². The Morgan fingerprint density at radius 3 is 2.88 bits per heavy atom. The molecule has 0 aromatic heterocycles. The zero-order valence-electron chi connectivity index (χ0n) is 10.4. The standard InChI is InChI=1S/C12H24N2O2/c1-3-16-6-4-5-12(15)14-8-10(2)7-11(13)9-14/h10-11H,3-9,13H2,1-2H3. The van der Waals surface area contributed by atoms with Gasteiger partial charge in [-0.2, -0.15) is 0 Å². The van der Waals surface area contributed by atoms with E-state index in [1.165, 1.54) is 0 Å². The van der Waals surface area contributed by atoms with Crippen LogP contribution in [-0.2, 0) is 9.53 Å². The number of carbonyl (C=O) groups excluding carboxylic acids is 1. The van der Waals surface area contributed by atoms with E-state index in [4.69, 9.17) is 10.5 Å². The van der Waals surface area contributed by atoms with Gasteiger partial charge in [0.25, 0.3) is 0 Å². The summed E-state index contributed by atoms with van der Waals surface area (Å²) in [6.45, 7) is 7.10. The molecular weight excluding hydrogens is 204 g/mol. The average Bonchev–Trinajstić information content (AvgIpc) is 2.22. The maximum Gasteiger partial charge on any atom is 0.222 e. The van der Waals surface area contributed by atoms with Crippen molar-refractivity contribution in [2.45, 2.75) is 39.2 Å².